The number of nitrogens with one attached hydrogen (secondary N) is 3. The Morgan fingerprint density at radius 3 is 2.10 bits per heavy atom. The van der Waals surface area contributed by atoms with Gasteiger partial charge in [0.15, 0.2) is 0 Å². The van der Waals surface area contributed by atoms with Crippen LogP contribution in [0.5, 0.6) is 0 Å². The molecule has 0 aliphatic heterocycles. The van der Waals surface area contributed by atoms with Crippen LogP contribution in [0.1, 0.15) is 47.5 Å². The molecule has 1 unspecified atom stereocenters. The Morgan fingerprint density at radius 1 is 1.05 bits per heavy atom. The van der Waals surface area contributed by atoms with Crippen LogP contribution in [-0.4, -0.2) is 41.8 Å². The zero-order valence-electron chi connectivity index (χ0n) is 13.2. The smallest absolute Gasteiger partial charge is 0.244 e. The van der Waals surface area contributed by atoms with Crippen LogP contribution in [0.2, 0.25) is 0 Å². The van der Waals surface area contributed by atoms with E-state index in [1.807, 2.05) is 27.7 Å². The number of hydrogen-bond acceptors (Lipinski definition) is 4. The fraction of sp³-hybridized carbons (Fsp3) is 0.857. The van der Waals surface area contributed by atoms with Gasteiger partial charge in [-0.3, -0.25) is 9.59 Å². The number of aliphatic hydroxyl groups excluding tert-OH is 1. The fourth-order valence-electron chi connectivity index (χ4n) is 1.85. The molecule has 0 radical (unpaired) electrons. The van der Waals surface area contributed by atoms with Crippen molar-refractivity contribution >= 4 is 11.8 Å². The summed E-state index contributed by atoms with van der Waals surface area (Å²) in [4.78, 5) is 23.9. The molecule has 118 valence electrons. The van der Waals surface area contributed by atoms with E-state index >= 15 is 0 Å². The molecule has 0 heterocycles. The first-order chi connectivity index (χ1) is 9.33. The molecule has 0 bridgehead atoms. The second-order valence-corrected chi connectivity index (χ2v) is 5.32. The van der Waals surface area contributed by atoms with Crippen LogP contribution < -0.4 is 16.0 Å². The molecule has 3 atom stereocenters. The van der Waals surface area contributed by atoms with Gasteiger partial charge < -0.3 is 21.1 Å². The summed E-state index contributed by atoms with van der Waals surface area (Å²) in [5.74, 6) is -0.441. The van der Waals surface area contributed by atoms with Crippen molar-refractivity contribution in [2.45, 2.75) is 65.8 Å². The molecule has 20 heavy (non-hydrogen) atoms. The highest BCUT2D eigenvalue weighted by Crippen LogP contribution is 2.02. The number of carbonyl (C=O) groups is 2. The van der Waals surface area contributed by atoms with Gasteiger partial charge in [0, 0.05) is 0 Å². The number of rotatable bonds is 9. The second kappa shape index (κ2) is 9.72. The summed E-state index contributed by atoms with van der Waals surface area (Å²) in [7, 11) is 0. The SMILES string of the molecule is CCCC(O)NC(=O)[C@H](C)NC(=O)[C@@H](NCC)C(C)C. The first-order valence-corrected chi connectivity index (χ1v) is 7.35. The summed E-state index contributed by atoms with van der Waals surface area (Å²) in [5.41, 5.74) is 0. The number of amides is 2. The van der Waals surface area contributed by atoms with Crippen LogP contribution in [0.25, 0.3) is 0 Å². The highest BCUT2D eigenvalue weighted by atomic mass is 16.3. The van der Waals surface area contributed by atoms with Gasteiger partial charge in [0.05, 0.1) is 6.04 Å². The maximum Gasteiger partial charge on any atom is 0.244 e. The molecule has 0 aliphatic rings. The summed E-state index contributed by atoms with van der Waals surface area (Å²) in [5, 5.41) is 17.8. The minimum absolute atomic E-state index is 0.135. The van der Waals surface area contributed by atoms with Gasteiger partial charge in [-0.1, -0.05) is 34.1 Å². The molecule has 0 rings (SSSR count). The Kier molecular flexibility index (Phi) is 9.16. The molecular formula is C14H29N3O3. The summed E-state index contributed by atoms with van der Waals surface area (Å²) < 4.78 is 0. The molecule has 2 amide bonds. The molecule has 0 aliphatic carbocycles. The van der Waals surface area contributed by atoms with Crippen LogP contribution in [0.15, 0.2) is 0 Å². The third kappa shape index (κ3) is 6.86. The molecule has 6 nitrogen and oxygen atoms in total. The summed E-state index contributed by atoms with van der Waals surface area (Å²) >= 11 is 0. The van der Waals surface area contributed by atoms with E-state index in [1.54, 1.807) is 6.92 Å². The Hall–Kier alpha value is -1.14. The number of likely N-dealkylation sites (N-methyl/N-ethyl adjacent to an activating group) is 1. The highest BCUT2D eigenvalue weighted by molar-refractivity contribution is 5.89. The quantitative estimate of drug-likeness (QED) is 0.461. The maximum absolute atomic E-state index is 12.1. The molecule has 0 aromatic rings. The molecule has 0 saturated heterocycles. The van der Waals surface area contributed by atoms with Gasteiger partial charge in [-0.15, -0.1) is 0 Å². The van der Waals surface area contributed by atoms with Crippen molar-refractivity contribution in [2.24, 2.45) is 5.92 Å². The van der Waals surface area contributed by atoms with E-state index in [2.05, 4.69) is 16.0 Å². The van der Waals surface area contributed by atoms with E-state index in [0.717, 1.165) is 6.42 Å². The lowest BCUT2D eigenvalue weighted by molar-refractivity contribution is -0.131. The van der Waals surface area contributed by atoms with Gasteiger partial charge in [0.2, 0.25) is 11.8 Å². The molecule has 4 N–H and O–H groups in total. The van der Waals surface area contributed by atoms with Crippen LogP contribution in [0.3, 0.4) is 0 Å². The molecule has 0 spiro atoms. The van der Waals surface area contributed by atoms with Gasteiger partial charge >= 0.3 is 0 Å². The molecule has 0 aromatic heterocycles. The predicted molar refractivity (Wildman–Crippen MR) is 79.0 cm³/mol. The van der Waals surface area contributed by atoms with E-state index in [0.29, 0.717) is 13.0 Å². The van der Waals surface area contributed by atoms with Gasteiger partial charge in [-0.05, 0) is 25.8 Å². The Balaban J connectivity index is 4.39. The lowest BCUT2D eigenvalue weighted by atomic mass is 10.0. The highest BCUT2D eigenvalue weighted by Gasteiger charge is 2.25. The Morgan fingerprint density at radius 2 is 1.65 bits per heavy atom. The van der Waals surface area contributed by atoms with Gasteiger partial charge in [0.25, 0.3) is 0 Å². The van der Waals surface area contributed by atoms with Crippen LogP contribution in [0, 0.1) is 5.92 Å². The van der Waals surface area contributed by atoms with Gasteiger partial charge in [0.1, 0.15) is 12.3 Å². The maximum atomic E-state index is 12.1. The zero-order valence-corrected chi connectivity index (χ0v) is 13.2. The minimum atomic E-state index is -0.860. The van der Waals surface area contributed by atoms with E-state index in [-0.39, 0.29) is 23.8 Å². The molecule has 6 heteroatoms. The van der Waals surface area contributed by atoms with Crippen LogP contribution in [0.4, 0.5) is 0 Å². The van der Waals surface area contributed by atoms with E-state index in [4.69, 9.17) is 0 Å². The van der Waals surface area contributed by atoms with Crippen molar-refractivity contribution in [3.05, 3.63) is 0 Å². The van der Waals surface area contributed by atoms with Crippen molar-refractivity contribution in [2.75, 3.05) is 6.54 Å². The largest absolute Gasteiger partial charge is 0.374 e. The molecule has 0 aromatic carbocycles. The zero-order chi connectivity index (χ0) is 15.7. The van der Waals surface area contributed by atoms with Gasteiger partial charge in [-0.2, -0.15) is 0 Å². The Labute approximate surface area is 121 Å². The minimum Gasteiger partial charge on any atom is -0.374 e. The first kappa shape index (κ1) is 18.9. The van der Waals surface area contributed by atoms with Gasteiger partial charge in [-0.25, -0.2) is 0 Å². The topological polar surface area (TPSA) is 90.5 Å². The van der Waals surface area contributed by atoms with Crippen molar-refractivity contribution in [1.82, 2.24) is 16.0 Å². The van der Waals surface area contributed by atoms with E-state index < -0.39 is 12.3 Å². The average Bonchev–Trinajstić information content (AvgIpc) is 2.35. The third-order valence-corrected chi connectivity index (χ3v) is 3.00. The molecule has 0 saturated carbocycles. The second-order valence-electron chi connectivity index (χ2n) is 5.32. The number of hydrogen-bond donors (Lipinski definition) is 4. The lowest BCUT2D eigenvalue weighted by Crippen LogP contribution is -2.54. The monoisotopic (exact) mass is 287 g/mol. The average molecular weight is 287 g/mol. The lowest BCUT2D eigenvalue weighted by Gasteiger charge is -2.23. The number of aliphatic hydroxyl groups is 1. The fourth-order valence-corrected chi connectivity index (χ4v) is 1.85. The van der Waals surface area contributed by atoms with Crippen LogP contribution in [-0.2, 0) is 9.59 Å². The number of carbonyl (C=O) groups excluding carboxylic acids is 2. The molecular weight excluding hydrogens is 258 g/mol. The predicted octanol–water partition coefficient (Wildman–Crippen LogP) is 0.360. The van der Waals surface area contributed by atoms with E-state index in [1.165, 1.54) is 0 Å². The van der Waals surface area contributed by atoms with Crippen molar-refractivity contribution in [3.8, 4) is 0 Å². The Bertz CT molecular complexity index is 308. The summed E-state index contributed by atoms with van der Waals surface area (Å²) in [6.07, 6.45) is 0.415. The normalized spacial score (nSPS) is 15.6. The van der Waals surface area contributed by atoms with Crippen molar-refractivity contribution in [1.29, 1.82) is 0 Å². The first-order valence-electron chi connectivity index (χ1n) is 7.35. The standard InChI is InChI=1S/C14H29N3O3/c1-6-8-11(18)17-13(19)10(5)16-14(20)12(9(3)4)15-7-2/h9-12,15,18H,6-8H2,1-5H3,(H,16,20)(H,17,19)/t10-,11?,12-/m0/s1. The van der Waals surface area contributed by atoms with Crippen molar-refractivity contribution in [3.63, 3.8) is 0 Å². The van der Waals surface area contributed by atoms with Crippen LogP contribution >= 0.6 is 0 Å². The van der Waals surface area contributed by atoms with Crippen molar-refractivity contribution < 1.29 is 14.7 Å². The third-order valence-electron chi connectivity index (χ3n) is 3.00. The summed E-state index contributed by atoms with van der Waals surface area (Å²) in [6, 6.07) is -0.996. The molecule has 0 fully saturated rings. The summed E-state index contributed by atoms with van der Waals surface area (Å²) in [6.45, 7) is 10.0. The van der Waals surface area contributed by atoms with E-state index in [9.17, 15) is 14.7 Å².